The molecule has 0 atom stereocenters. The van der Waals surface area contributed by atoms with E-state index in [1.54, 1.807) is 0 Å². The zero-order chi connectivity index (χ0) is 22.0. The molecular weight excluding hydrogens is 396 g/mol. The normalized spacial score (nSPS) is 12.0. The maximum Gasteiger partial charge on any atom is 0.431 e. The van der Waals surface area contributed by atoms with Crippen LogP contribution in [-0.2, 0) is 13.2 Å². The molecule has 7 nitrogen and oxygen atoms in total. The maximum atomic E-state index is 14.3. The number of benzene rings is 1. The number of carbonyl (C=O) groups is 1. The number of alkyl halides is 3. The zero-order valence-electron chi connectivity index (χ0n) is 15.5. The van der Waals surface area contributed by atoms with Gasteiger partial charge in [0.05, 0.1) is 11.3 Å². The summed E-state index contributed by atoms with van der Waals surface area (Å²) in [4.78, 5) is 24.8. The first-order valence-corrected chi connectivity index (χ1v) is 8.19. The molecule has 0 aliphatic heterocycles. The minimum Gasteiger partial charge on any atom is -0.507 e. The largest absolute Gasteiger partial charge is 0.507 e. The third kappa shape index (κ3) is 2.80. The summed E-state index contributed by atoms with van der Waals surface area (Å²) in [5.74, 6) is -2.91. The molecule has 0 aliphatic rings. The first-order chi connectivity index (χ1) is 13.3. The Labute approximate surface area is 160 Å². The molecule has 11 heteroatoms. The average molecular weight is 412 g/mol. The number of amides is 1. The van der Waals surface area contributed by atoms with Gasteiger partial charge in [-0.1, -0.05) is 0 Å². The van der Waals surface area contributed by atoms with E-state index in [0.717, 1.165) is 17.7 Å². The van der Waals surface area contributed by atoms with Crippen LogP contribution in [0.15, 0.2) is 16.9 Å². The van der Waals surface area contributed by atoms with E-state index in [-0.39, 0.29) is 16.8 Å². The fourth-order valence-corrected chi connectivity index (χ4v) is 3.41. The lowest BCUT2D eigenvalue weighted by atomic mass is 10.1. The van der Waals surface area contributed by atoms with E-state index in [4.69, 9.17) is 11.5 Å². The van der Waals surface area contributed by atoms with E-state index >= 15 is 0 Å². The number of aromatic hydroxyl groups is 1. The Morgan fingerprint density at radius 2 is 1.76 bits per heavy atom. The van der Waals surface area contributed by atoms with Gasteiger partial charge in [-0.25, -0.2) is 4.39 Å². The van der Waals surface area contributed by atoms with Crippen LogP contribution < -0.4 is 17.0 Å². The lowest BCUT2D eigenvalue weighted by Gasteiger charge is -2.17. The molecule has 0 bridgehead atoms. The number of aromatic nitrogens is 2. The molecule has 154 valence electrons. The van der Waals surface area contributed by atoms with Crippen LogP contribution in [0.5, 0.6) is 5.75 Å². The van der Waals surface area contributed by atoms with Crippen molar-refractivity contribution in [3.63, 3.8) is 0 Å². The molecule has 5 N–H and O–H groups in total. The van der Waals surface area contributed by atoms with Crippen LogP contribution in [0.3, 0.4) is 0 Å². The Kier molecular flexibility index (Phi) is 4.37. The molecule has 0 fully saturated rings. The van der Waals surface area contributed by atoms with Crippen molar-refractivity contribution in [2.45, 2.75) is 20.0 Å². The molecular formula is C18H16F4N4O3. The van der Waals surface area contributed by atoms with Crippen molar-refractivity contribution in [3.8, 4) is 11.4 Å². The molecule has 3 aromatic rings. The second-order valence-electron chi connectivity index (χ2n) is 6.59. The summed E-state index contributed by atoms with van der Waals surface area (Å²) < 4.78 is 55.6. The standard InChI is InChI=1S/C18H16F4N4O3/c1-6-9(19)5-10(27)7(2)13(6)26-14-8(12(15(26)23)16(24)28)4-11(18(20,21)22)25(3)17(14)29/h4-5,27H,23H2,1-3H3,(H2,24,28). The number of anilines is 1. The predicted octanol–water partition coefficient (Wildman–Crippen LogP) is 2.49. The van der Waals surface area contributed by atoms with Crippen LogP contribution in [0.1, 0.15) is 27.2 Å². The molecule has 3 rings (SSSR count). The number of nitrogens with zero attached hydrogens (tertiary/aromatic N) is 2. The van der Waals surface area contributed by atoms with E-state index in [0.29, 0.717) is 10.6 Å². The van der Waals surface area contributed by atoms with Crippen LogP contribution in [0.4, 0.5) is 23.4 Å². The highest BCUT2D eigenvalue weighted by Crippen LogP contribution is 2.38. The highest BCUT2D eigenvalue weighted by molar-refractivity contribution is 6.11. The molecule has 2 heterocycles. The maximum absolute atomic E-state index is 14.3. The Hall–Kier alpha value is -3.50. The number of carbonyl (C=O) groups excluding carboxylic acids is 1. The molecule has 0 saturated carbocycles. The zero-order valence-corrected chi connectivity index (χ0v) is 15.5. The molecule has 0 aliphatic carbocycles. The van der Waals surface area contributed by atoms with E-state index in [9.17, 15) is 32.3 Å². The Morgan fingerprint density at radius 3 is 2.28 bits per heavy atom. The number of phenolic OH excluding ortho intramolecular Hbond substituents is 1. The first-order valence-electron chi connectivity index (χ1n) is 8.19. The van der Waals surface area contributed by atoms with Crippen molar-refractivity contribution in [1.29, 1.82) is 0 Å². The van der Waals surface area contributed by atoms with Crippen molar-refractivity contribution in [1.82, 2.24) is 9.13 Å². The van der Waals surface area contributed by atoms with Gasteiger partial charge < -0.3 is 21.1 Å². The van der Waals surface area contributed by atoms with Gasteiger partial charge in [0.1, 0.15) is 28.6 Å². The van der Waals surface area contributed by atoms with Crippen LogP contribution in [0.2, 0.25) is 0 Å². The fraction of sp³-hybridized carbons (Fsp3) is 0.222. The predicted molar refractivity (Wildman–Crippen MR) is 97.5 cm³/mol. The van der Waals surface area contributed by atoms with E-state index in [1.165, 1.54) is 13.8 Å². The van der Waals surface area contributed by atoms with Crippen LogP contribution in [0, 0.1) is 19.7 Å². The number of rotatable bonds is 2. The highest BCUT2D eigenvalue weighted by Gasteiger charge is 2.36. The molecule has 1 aromatic carbocycles. The summed E-state index contributed by atoms with van der Waals surface area (Å²) in [5, 5.41) is 9.58. The second-order valence-corrected chi connectivity index (χ2v) is 6.59. The summed E-state index contributed by atoms with van der Waals surface area (Å²) in [6.07, 6.45) is -4.89. The van der Waals surface area contributed by atoms with Gasteiger partial charge >= 0.3 is 6.18 Å². The van der Waals surface area contributed by atoms with Gasteiger partial charge in [0.2, 0.25) is 0 Å². The van der Waals surface area contributed by atoms with Gasteiger partial charge in [0.25, 0.3) is 11.5 Å². The summed E-state index contributed by atoms with van der Waals surface area (Å²) in [6.45, 7) is 2.74. The van der Waals surface area contributed by atoms with Gasteiger partial charge in [-0.2, -0.15) is 13.2 Å². The molecule has 0 saturated heterocycles. The van der Waals surface area contributed by atoms with Crippen LogP contribution >= 0.6 is 0 Å². The lowest BCUT2D eigenvalue weighted by Crippen LogP contribution is -2.27. The number of phenols is 1. The molecule has 29 heavy (non-hydrogen) atoms. The van der Waals surface area contributed by atoms with Crippen molar-refractivity contribution in [2.75, 3.05) is 5.73 Å². The molecule has 0 radical (unpaired) electrons. The summed E-state index contributed by atoms with van der Waals surface area (Å²) in [5.41, 5.74) is 7.94. The molecule has 2 aromatic heterocycles. The van der Waals surface area contributed by atoms with Gasteiger partial charge in [0.15, 0.2) is 0 Å². The number of hydrogen-bond donors (Lipinski definition) is 3. The van der Waals surface area contributed by atoms with E-state index in [2.05, 4.69) is 0 Å². The molecule has 1 amide bonds. The van der Waals surface area contributed by atoms with Crippen molar-refractivity contribution in [2.24, 2.45) is 12.8 Å². The Morgan fingerprint density at radius 1 is 1.17 bits per heavy atom. The number of pyridine rings is 1. The average Bonchev–Trinajstić information content (AvgIpc) is 2.88. The fourth-order valence-electron chi connectivity index (χ4n) is 3.41. The summed E-state index contributed by atoms with van der Waals surface area (Å²) in [6, 6.07) is 1.44. The van der Waals surface area contributed by atoms with Crippen molar-refractivity contribution in [3.05, 3.63) is 50.7 Å². The second kappa shape index (κ2) is 6.26. The van der Waals surface area contributed by atoms with Crippen molar-refractivity contribution >= 4 is 22.6 Å². The lowest BCUT2D eigenvalue weighted by molar-refractivity contribution is -0.143. The van der Waals surface area contributed by atoms with Crippen LogP contribution in [0.25, 0.3) is 16.6 Å². The van der Waals surface area contributed by atoms with E-state index in [1.807, 2.05) is 0 Å². The third-order valence-corrected chi connectivity index (χ3v) is 4.87. The third-order valence-electron chi connectivity index (χ3n) is 4.87. The topological polar surface area (TPSA) is 116 Å². The van der Waals surface area contributed by atoms with Gasteiger partial charge in [0, 0.05) is 29.6 Å². The number of primary amides is 1. The summed E-state index contributed by atoms with van der Waals surface area (Å²) >= 11 is 0. The Balaban J connectivity index is 2.66. The minimum atomic E-state index is -4.89. The minimum absolute atomic E-state index is 0.0399. The monoisotopic (exact) mass is 412 g/mol. The van der Waals surface area contributed by atoms with Gasteiger partial charge in [-0.05, 0) is 19.9 Å². The van der Waals surface area contributed by atoms with Crippen LogP contribution in [-0.4, -0.2) is 20.1 Å². The molecule has 0 unspecified atom stereocenters. The van der Waals surface area contributed by atoms with E-state index < -0.39 is 57.2 Å². The number of halogens is 4. The quantitative estimate of drug-likeness (QED) is 0.561. The number of nitrogens with two attached hydrogens (primary N) is 2. The number of nitrogen functional groups attached to an aromatic ring is 1. The molecule has 0 spiro atoms. The Bertz CT molecular complexity index is 1230. The number of fused-ring (bicyclic) bond motifs is 1. The SMILES string of the molecule is Cc1c(O)cc(F)c(C)c1-n1c(N)c(C(N)=O)c2cc(C(F)(F)F)n(C)c(=O)c21. The summed E-state index contributed by atoms with van der Waals surface area (Å²) in [7, 11) is 0.908. The highest BCUT2D eigenvalue weighted by atomic mass is 19.4. The first kappa shape index (κ1) is 20.2. The van der Waals surface area contributed by atoms with Crippen molar-refractivity contribution < 1.29 is 27.5 Å². The number of hydrogen-bond acceptors (Lipinski definition) is 4. The van der Waals surface area contributed by atoms with Gasteiger partial charge in [-0.3, -0.25) is 14.2 Å². The smallest absolute Gasteiger partial charge is 0.431 e. The van der Waals surface area contributed by atoms with Gasteiger partial charge in [-0.15, -0.1) is 0 Å².